The molecule has 0 fully saturated rings. The van der Waals surface area contributed by atoms with Crippen LogP contribution >= 0.6 is 0 Å². The standard InChI is InChI=1S/C16H17N3O3/c1-18(14-7-3-2-4-8-14)11-10-17-16(20)13-6-5-9-15(12-13)19(21)22/h2-9,12H,10-11H2,1H3,(H,17,20). The van der Waals surface area contributed by atoms with E-state index in [4.69, 9.17) is 0 Å². The lowest BCUT2D eigenvalue weighted by atomic mass is 10.2. The van der Waals surface area contributed by atoms with Crippen LogP contribution in [0.25, 0.3) is 0 Å². The predicted molar refractivity (Wildman–Crippen MR) is 85.1 cm³/mol. The molecular weight excluding hydrogens is 282 g/mol. The summed E-state index contributed by atoms with van der Waals surface area (Å²) in [5.41, 5.74) is 1.26. The number of anilines is 1. The third-order valence-electron chi connectivity index (χ3n) is 3.25. The number of likely N-dealkylation sites (N-methyl/N-ethyl adjacent to an activating group) is 1. The third kappa shape index (κ3) is 4.05. The number of nitro benzene ring substituents is 1. The molecule has 0 spiro atoms. The number of hydrogen-bond acceptors (Lipinski definition) is 4. The lowest BCUT2D eigenvalue weighted by Crippen LogP contribution is -2.32. The van der Waals surface area contributed by atoms with Crippen LogP contribution < -0.4 is 10.2 Å². The Balaban J connectivity index is 1.88. The normalized spacial score (nSPS) is 10.0. The molecule has 0 aliphatic rings. The van der Waals surface area contributed by atoms with Crippen molar-refractivity contribution in [2.75, 3.05) is 25.0 Å². The van der Waals surface area contributed by atoms with Crippen LogP contribution in [0, 0.1) is 10.1 Å². The SMILES string of the molecule is CN(CCNC(=O)c1cccc([N+](=O)[O-])c1)c1ccccc1. The summed E-state index contributed by atoms with van der Waals surface area (Å²) in [6.07, 6.45) is 0. The summed E-state index contributed by atoms with van der Waals surface area (Å²) in [5, 5.41) is 13.5. The number of nitrogens with one attached hydrogen (secondary N) is 1. The van der Waals surface area contributed by atoms with Gasteiger partial charge in [0.15, 0.2) is 0 Å². The first-order valence-corrected chi connectivity index (χ1v) is 6.87. The molecule has 0 atom stereocenters. The first kappa shape index (κ1) is 15.5. The van der Waals surface area contributed by atoms with Gasteiger partial charge in [-0.3, -0.25) is 14.9 Å². The third-order valence-corrected chi connectivity index (χ3v) is 3.25. The summed E-state index contributed by atoms with van der Waals surface area (Å²) >= 11 is 0. The van der Waals surface area contributed by atoms with Crippen molar-refractivity contribution in [3.8, 4) is 0 Å². The van der Waals surface area contributed by atoms with Crippen LogP contribution in [-0.4, -0.2) is 31.0 Å². The van der Waals surface area contributed by atoms with E-state index in [0.29, 0.717) is 13.1 Å². The average Bonchev–Trinajstić information content (AvgIpc) is 2.55. The van der Waals surface area contributed by atoms with E-state index in [2.05, 4.69) is 5.32 Å². The highest BCUT2D eigenvalue weighted by Gasteiger charge is 2.11. The number of para-hydroxylation sites is 1. The Bertz CT molecular complexity index is 659. The second-order valence-electron chi connectivity index (χ2n) is 4.82. The van der Waals surface area contributed by atoms with Crippen molar-refractivity contribution in [1.82, 2.24) is 5.32 Å². The predicted octanol–water partition coefficient (Wildman–Crippen LogP) is 2.46. The average molecular weight is 299 g/mol. The fourth-order valence-corrected chi connectivity index (χ4v) is 2.01. The van der Waals surface area contributed by atoms with Gasteiger partial charge in [-0.15, -0.1) is 0 Å². The number of hydrogen-bond donors (Lipinski definition) is 1. The quantitative estimate of drug-likeness (QED) is 0.656. The van der Waals surface area contributed by atoms with Gasteiger partial charge in [0.25, 0.3) is 11.6 Å². The molecule has 0 heterocycles. The molecule has 1 N–H and O–H groups in total. The van der Waals surface area contributed by atoms with Gasteiger partial charge in [0.05, 0.1) is 4.92 Å². The van der Waals surface area contributed by atoms with Gasteiger partial charge in [0.1, 0.15) is 0 Å². The number of carbonyl (C=O) groups excluding carboxylic acids is 1. The molecule has 2 aromatic rings. The van der Waals surface area contributed by atoms with Crippen molar-refractivity contribution in [3.05, 3.63) is 70.3 Å². The van der Waals surface area contributed by atoms with Crippen LogP contribution in [0.5, 0.6) is 0 Å². The second-order valence-corrected chi connectivity index (χ2v) is 4.82. The Morgan fingerprint density at radius 1 is 1.18 bits per heavy atom. The van der Waals surface area contributed by atoms with Gasteiger partial charge < -0.3 is 10.2 Å². The van der Waals surface area contributed by atoms with Gasteiger partial charge >= 0.3 is 0 Å². The van der Waals surface area contributed by atoms with Crippen molar-refractivity contribution >= 4 is 17.3 Å². The molecule has 1 amide bonds. The van der Waals surface area contributed by atoms with Gasteiger partial charge in [-0.2, -0.15) is 0 Å². The van der Waals surface area contributed by atoms with Crippen molar-refractivity contribution in [2.45, 2.75) is 0 Å². The Kier molecular flexibility index (Phi) is 5.08. The number of benzene rings is 2. The maximum Gasteiger partial charge on any atom is 0.270 e. The summed E-state index contributed by atoms with van der Waals surface area (Å²) in [6, 6.07) is 15.5. The van der Waals surface area contributed by atoms with E-state index >= 15 is 0 Å². The van der Waals surface area contributed by atoms with E-state index in [-0.39, 0.29) is 17.2 Å². The highest BCUT2D eigenvalue weighted by Crippen LogP contribution is 2.13. The largest absolute Gasteiger partial charge is 0.373 e. The minimum atomic E-state index is -0.514. The lowest BCUT2D eigenvalue weighted by molar-refractivity contribution is -0.384. The summed E-state index contributed by atoms with van der Waals surface area (Å²) < 4.78 is 0. The van der Waals surface area contributed by atoms with E-state index in [0.717, 1.165) is 5.69 Å². The van der Waals surface area contributed by atoms with Crippen molar-refractivity contribution in [1.29, 1.82) is 0 Å². The molecule has 0 saturated heterocycles. The summed E-state index contributed by atoms with van der Waals surface area (Å²) in [6.45, 7) is 1.09. The zero-order valence-electron chi connectivity index (χ0n) is 12.2. The van der Waals surface area contributed by atoms with Crippen LogP contribution in [0.4, 0.5) is 11.4 Å². The van der Waals surface area contributed by atoms with Crippen LogP contribution in [0.2, 0.25) is 0 Å². The second kappa shape index (κ2) is 7.21. The van der Waals surface area contributed by atoms with Crippen LogP contribution in [0.15, 0.2) is 54.6 Å². The van der Waals surface area contributed by atoms with E-state index in [1.165, 1.54) is 18.2 Å². The summed E-state index contributed by atoms with van der Waals surface area (Å²) in [5.74, 6) is -0.315. The Labute approximate surface area is 128 Å². The molecule has 6 nitrogen and oxygen atoms in total. The number of amides is 1. The summed E-state index contributed by atoms with van der Waals surface area (Å²) in [7, 11) is 1.94. The molecule has 6 heteroatoms. The fourth-order valence-electron chi connectivity index (χ4n) is 2.01. The maximum absolute atomic E-state index is 12.0. The Morgan fingerprint density at radius 2 is 1.91 bits per heavy atom. The molecule has 0 radical (unpaired) electrons. The van der Waals surface area contributed by atoms with Gasteiger partial charge in [0.2, 0.25) is 0 Å². The number of non-ortho nitro benzene ring substituents is 1. The Hall–Kier alpha value is -2.89. The topological polar surface area (TPSA) is 75.5 Å². The number of nitrogens with zero attached hydrogens (tertiary/aromatic N) is 2. The highest BCUT2D eigenvalue weighted by molar-refractivity contribution is 5.94. The molecule has 0 aliphatic heterocycles. The summed E-state index contributed by atoms with van der Waals surface area (Å²) in [4.78, 5) is 24.2. The first-order valence-electron chi connectivity index (χ1n) is 6.87. The highest BCUT2D eigenvalue weighted by atomic mass is 16.6. The zero-order valence-corrected chi connectivity index (χ0v) is 12.2. The van der Waals surface area contributed by atoms with E-state index < -0.39 is 4.92 Å². The maximum atomic E-state index is 12.0. The molecule has 0 saturated carbocycles. The number of rotatable bonds is 6. The van der Waals surface area contributed by atoms with Crippen molar-refractivity contribution in [3.63, 3.8) is 0 Å². The van der Waals surface area contributed by atoms with Gasteiger partial charge in [-0.1, -0.05) is 24.3 Å². The molecule has 0 bridgehead atoms. The van der Waals surface area contributed by atoms with Gasteiger partial charge in [-0.05, 0) is 18.2 Å². The number of carbonyl (C=O) groups is 1. The van der Waals surface area contributed by atoms with Crippen LogP contribution in [-0.2, 0) is 0 Å². The van der Waals surface area contributed by atoms with Crippen molar-refractivity contribution < 1.29 is 9.72 Å². The molecular formula is C16H17N3O3. The molecule has 0 unspecified atom stereocenters. The van der Waals surface area contributed by atoms with E-state index in [1.807, 2.05) is 42.3 Å². The molecule has 0 aromatic heterocycles. The molecule has 114 valence electrons. The molecule has 0 aliphatic carbocycles. The minimum Gasteiger partial charge on any atom is -0.373 e. The molecule has 2 rings (SSSR count). The van der Waals surface area contributed by atoms with E-state index in [1.54, 1.807) is 6.07 Å². The van der Waals surface area contributed by atoms with Crippen LogP contribution in [0.3, 0.4) is 0 Å². The zero-order chi connectivity index (χ0) is 15.9. The lowest BCUT2D eigenvalue weighted by Gasteiger charge is -2.19. The fraction of sp³-hybridized carbons (Fsp3) is 0.188. The molecule has 2 aromatic carbocycles. The monoisotopic (exact) mass is 299 g/mol. The first-order chi connectivity index (χ1) is 10.6. The van der Waals surface area contributed by atoms with E-state index in [9.17, 15) is 14.9 Å². The van der Waals surface area contributed by atoms with Gasteiger partial charge in [-0.25, -0.2) is 0 Å². The Morgan fingerprint density at radius 3 is 2.59 bits per heavy atom. The van der Waals surface area contributed by atoms with Gasteiger partial charge in [0, 0.05) is 43.5 Å². The number of nitro groups is 1. The molecule has 22 heavy (non-hydrogen) atoms. The van der Waals surface area contributed by atoms with Crippen molar-refractivity contribution in [2.24, 2.45) is 0 Å². The minimum absolute atomic E-state index is 0.0888. The smallest absolute Gasteiger partial charge is 0.270 e. The van der Waals surface area contributed by atoms with Crippen LogP contribution in [0.1, 0.15) is 10.4 Å².